The molecule has 2 aromatic heterocycles. The van der Waals surface area contributed by atoms with Crippen LogP contribution in [0.5, 0.6) is 0 Å². The molecule has 30 heavy (non-hydrogen) atoms. The van der Waals surface area contributed by atoms with Crippen LogP contribution in [0.15, 0.2) is 77.3 Å². The van der Waals surface area contributed by atoms with Crippen LogP contribution in [-0.2, 0) is 14.8 Å². The maximum atomic E-state index is 13.0. The summed E-state index contributed by atoms with van der Waals surface area (Å²) in [6.07, 6.45) is 3.44. The number of hydrogen-bond donors (Lipinski definition) is 2. The number of imidazole rings is 1. The van der Waals surface area contributed by atoms with Gasteiger partial charge in [0.05, 0.1) is 5.69 Å². The van der Waals surface area contributed by atoms with Gasteiger partial charge in [0, 0.05) is 23.9 Å². The average Bonchev–Trinajstić information content (AvgIpc) is 3.10. The Kier molecular flexibility index (Phi) is 4.28. The van der Waals surface area contributed by atoms with Crippen LogP contribution in [0.2, 0.25) is 0 Å². The van der Waals surface area contributed by atoms with Gasteiger partial charge in [-0.3, -0.25) is 9.20 Å². The molecule has 1 aliphatic carbocycles. The lowest BCUT2D eigenvalue weighted by atomic mass is 10.1. The fourth-order valence-electron chi connectivity index (χ4n) is 3.68. The maximum absolute atomic E-state index is 13.0. The third-order valence-electron chi connectivity index (χ3n) is 5.33. The lowest BCUT2D eigenvalue weighted by molar-refractivity contribution is -0.140. The fourth-order valence-corrected chi connectivity index (χ4v) is 6.31. The molecule has 5 rings (SSSR count). The number of fused-ring (bicyclic) bond motifs is 1. The summed E-state index contributed by atoms with van der Waals surface area (Å²) in [5.41, 5.74) is 0.953. The van der Waals surface area contributed by atoms with Gasteiger partial charge < -0.3 is 5.11 Å². The van der Waals surface area contributed by atoms with Crippen LogP contribution in [0.1, 0.15) is 17.9 Å². The van der Waals surface area contributed by atoms with Crippen molar-refractivity contribution in [1.29, 1.82) is 0 Å². The van der Waals surface area contributed by atoms with Gasteiger partial charge in [0.25, 0.3) is 10.0 Å². The van der Waals surface area contributed by atoms with Crippen molar-refractivity contribution in [2.75, 3.05) is 0 Å². The molecule has 2 N–H and O–H groups in total. The molecule has 0 bridgehead atoms. The summed E-state index contributed by atoms with van der Waals surface area (Å²) < 4.78 is 30.1. The van der Waals surface area contributed by atoms with Gasteiger partial charge in [0.15, 0.2) is 9.17 Å². The van der Waals surface area contributed by atoms with Crippen LogP contribution in [0.4, 0.5) is 0 Å². The molecule has 0 radical (unpaired) electrons. The molecule has 0 amide bonds. The minimum atomic E-state index is -4.02. The van der Waals surface area contributed by atoms with E-state index in [0.29, 0.717) is 4.96 Å². The molecule has 1 fully saturated rings. The Bertz CT molecular complexity index is 1320. The minimum absolute atomic E-state index is 0.0314. The summed E-state index contributed by atoms with van der Waals surface area (Å²) in [5, 5.41) is 9.77. The van der Waals surface area contributed by atoms with Crippen molar-refractivity contribution in [2.45, 2.75) is 22.1 Å². The van der Waals surface area contributed by atoms with E-state index in [1.54, 1.807) is 10.6 Å². The summed E-state index contributed by atoms with van der Waals surface area (Å²) in [4.78, 5) is 17.0. The zero-order valence-corrected chi connectivity index (χ0v) is 17.2. The molecule has 2 atom stereocenters. The van der Waals surface area contributed by atoms with E-state index in [1.807, 2.05) is 60.7 Å². The lowest BCUT2D eigenvalue weighted by Gasteiger charge is -2.14. The van der Waals surface area contributed by atoms with Gasteiger partial charge >= 0.3 is 5.97 Å². The molecule has 2 heterocycles. The molecular weight excluding hydrogens is 422 g/mol. The second-order valence-electron chi connectivity index (χ2n) is 7.28. The number of nitrogens with zero attached hydrogens (tertiary/aromatic N) is 2. The van der Waals surface area contributed by atoms with Crippen molar-refractivity contribution in [3.8, 4) is 11.3 Å². The first-order valence-electron chi connectivity index (χ1n) is 9.25. The molecule has 152 valence electrons. The molecule has 7 nitrogen and oxygen atoms in total. The summed E-state index contributed by atoms with van der Waals surface area (Å²) in [7, 11) is -4.02. The Balaban J connectivity index is 1.44. The number of carboxylic acid groups (broad SMARTS) is 1. The molecular formula is C21H17N3O4S2. The number of sulfonamides is 1. The van der Waals surface area contributed by atoms with Gasteiger partial charge in [-0.15, -0.1) is 0 Å². The predicted octanol–water partition coefficient (Wildman–Crippen LogP) is 3.35. The highest BCUT2D eigenvalue weighted by atomic mass is 32.2. The second-order valence-corrected chi connectivity index (χ2v) is 10.2. The van der Waals surface area contributed by atoms with E-state index in [2.05, 4.69) is 9.71 Å². The summed E-state index contributed by atoms with van der Waals surface area (Å²) >= 11 is 1.01. The van der Waals surface area contributed by atoms with Crippen molar-refractivity contribution >= 4 is 32.3 Å². The Hall–Kier alpha value is -3.01. The van der Waals surface area contributed by atoms with E-state index in [-0.39, 0.29) is 10.6 Å². The van der Waals surface area contributed by atoms with E-state index in [9.17, 15) is 18.3 Å². The van der Waals surface area contributed by atoms with Crippen molar-refractivity contribution in [3.05, 3.63) is 78.6 Å². The van der Waals surface area contributed by atoms with Crippen LogP contribution >= 0.6 is 11.3 Å². The Morgan fingerprint density at radius 3 is 2.40 bits per heavy atom. The third-order valence-corrected chi connectivity index (χ3v) is 8.30. The second kappa shape index (κ2) is 6.76. The number of carboxylic acids is 1. The molecule has 4 aromatic rings. The van der Waals surface area contributed by atoms with Crippen LogP contribution in [0.25, 0.3) is 16.2 Å². The highest BCUT2D eigenvalue weighted by Gasteiger charge is 2.63. The first-order valence-corrected chi connectivity index (χ1v) is 11.6. The quantitative estimate of drug-likeness (QED) is 0.480. The molecule has 0 unspecified atom stereocenters. The highest BCUT2D eigenvalue weighted by Crippen LogP contribution is 2.52. The first kappa shape index (κ1) is 19.0. The van der Waals surface area contributed by atoms with Gasteiger partial charge in [-0.05, 0) is 12.0 Å². The number of rotatable bonds is 6. The molecule has 0 aliphatic heterocycles. The SMILES string of the molecule is O=C(O)[C@@]1(NS(=O)(=O)c2cn3cc(-c4ccccc4)nc3s2)C[C@H]1c1ccccc1. The van der Waals surface area contributed by atoms with Crippen LogP contribution in [0, 0.1) is 0 Å². The number of thiazole rings is 1. The number of nitrogens with one attached hydrogen (secondary N) is 1. The number of aliphatic carboxylic acids is 1. The topological polar surface area (TPSA) is 101 Å². The van der Waals surface area contributed by atoms with E-state index >= 15 is 0 Å². The molecule has 2 aromatic carbocycles. The van der Waals surface area contributed by atoms with E-state index in [1.165, 1.54) is 6.20 Å². The number of aromatic nitrogens is 2. The number of benzene rings is 2. The zero-order valence-electron chi connectivity index (χ0n) is 15.6. The lowest BCUT2D eigenvalue weighted by Crippen LogP contribution is -2.44. The molecule has 1 aliphatic rings. The first-order chi connectivity index (χ1) is 14.4. The van der Waals surface area contributed by atoms with Crippen molar-refractivity contribution in [3.63, 3.8) is 0 Å². The Morgan fingerprint density at radius 1 is 1.10 bits per heavy atom. The molecule has 0 saturated heterocycles. The van der Waals surface area contributed by atoms with Crippen molar-refractivity contribution in [2.24, 2.45) is 0 Å². The maximum Gasteiger partial charge on any atom is 0.325 e. The van der Waals surface area contributed by atoms with E-state index < -0.39 is 27.4 Å². The standard InChI is InChI=1S/C21H17N3O4S2/c25-19(26)21(11-16(21)14-7-3-1-4-8-14)23-30(27,28)18-13-24-12-17(22-20(24)29-18)15-9-5-2-6-10-15/h1-10,12-13,16,23H,11H2,(H,25,26)/t16-,21+/m0/s1. The highest BCUT2D eigenvalue weighted by molar-refractivity contribution is 7.91. The van der Waals surface area contributed by atoms with Gasteiger partial charge in [0.2, 0.25) is 0 Å². The molecule has 0 spiro atoms. The smallest absolute Gasteiger partial charge is 0.325 e. The molecule has 9 heteroatoms. The van der Waals surface area contributed by atoms with Crippen molar-refractivity contribution < 1.29 is 18.3 Å². The average molecular weight is 440 g/mol. The summed E-state index contributed by atoms with van der Waals surface area (Å²) in [6, 6.07) is 18.7. The van der Waals surface area contributed by atoms with Gasteiger partial charge in [-0.2, -0.15) is 4.72 Å². The van der Waals surface area contributed by atoms with Crippen LogP contribution in [-0.4, -0.2) is 34.4 Å². The largest absolute Gasteiger partial charge is 0.480 e. The number of hydrogen-bond acceptors (Lipinski definition) is 5. The van der Waals surface area contributed by atoms with Crippen LogP contribution < -0.4 is 4.72 Å². The monoisotopic (exact) mass is 439 g/mol. The minimum Gasteiger partial charge on any atom is -0.480 e. The van der Waals surface area contributed by atoms with E-state index in [4.69, 9.17) is 0 Å². The van der Waals surface area contributed by atoms with Gasteiger partial charge in [0.1, 0.15) is 5.54 Å². The fraction of sp³-hybridized carbons (Fsp3) is 0.143. The van der Waals surface area contributed by atoms with Crippen molar-refractivity contribution in [1.82, 2.24) is 14.1 Å². The normalized spacial score (nSPS) is 21.0. The summed E-state index contributed by atoms with van der Waals surface area (Å²) in [5.74, 6) is -1.58. The van der Waals surface area contributed by atoms with Gasteiger partial charge in [-0.1, -0.05) is 72.0 Å². The zero-order chi connectivity index (χ0) is 20.9. The summed E-state index contributed by atoms with van der Waals surface area (Å²) in [6.45, 7) is 0. The van der Waals surface area contributed by atoms with Crippen LogP contribution in [0.3, 0.4) is 0 Å². The predicted molar refractivity (Wildman–Crippen MR) is 113 cm³/mol. The Morgan fingerprint density at radius 2 is 1.77 bits per heavy atom. The third kappa shape index (κ3) is 3.11. The Labute approximate surface area is 176 Å². The number of carbonyl (C=O) groups is 1. The van der Waals surface area contributed by atoms with Gasteiger partial charge in [-0.25, -0.2) is 13.4 Å². The molecule has 1 saturated carbocycles. The van der Waals surface area contributed by atoms with E-state index in [0.717, 1.165) is 28.2 Å².